The Kier molecular flexibility index (Phi) is 4.48. The highest BCUT2D eigenvalue weighted by atomic mass is 32.2. The molecule has 0 saturated carbocycles. The summed E-state index contributed by atoms with van der Waals surface area (Å²) in [6.45, 7) is 0. The Labute approximate surface area is 175 Å². The summed E-state index contributed by atoms with van der Waals surface area (Å²) in [6, 6.07) is 21.1. The minimum absolute atomic E-state index is 0.129. The molecule has 5 rings (SSSR count). The van der Waals surface area contributed by atoms with Crippen LogP contribution in [0.1, 0.15) is 0 Å². The standard InChI is InChI=1S/C22H17N5O2S/c1-26-20(29)16-10-4-5-12-18(16)27-21(26)24-25-22(27)30-13-19(28)23-17-11-6-8-14-7-2-3-9-15(14)17/h2-12H,13H2,1H3,(H,23,28). The van der Waals surface area contributed by atoms with Gasteiger partial charge in [0.25, 0.3) is 5.56 Å². The number of benzene rings is 3. The maximum absolute atomic E-state index is 12.6. The van der Waals surface area contributed by atoms with Crippen molar-refractivity contribution >= 4 is 50.8 Å². The lowest BCUT2D eigenvalue weighted by Gasteiger charge is -2.09. The lowest BCUT2D eigenvalue weighted by molar-refractivity contribution is -0.113. The van der Waals surface area contributed by atoms with Crippen LogP contribution in [0.4, 0.5) is 5.69 Å². The fourth-order valence-electron chi connectivity index (χ4n) is 3.56. The summed E-state index contributed by atoms with van der Waals surface area (Å²) in [5.74, 6) is 0.471. The van der Waals surface area contributed by atoms with Crippen LogP contribution in [0.2, 0.25) is 0 Å². The summed E-state index contributed by atoms with van der Waals surface area (Å²) in [4.78, 5) is 25.2. The van der Waals surface area contributed by atoms with E-state index in [1.54, 1.807) is 13.1 Å². The zero-order valence-corrected chi connectivity index (χ0v) is 16.9. The van der Waals surface area contributed by atoms with Crippen molar-refractivity contribution in [3.63, 3.8) is 0 Å². The zero-order valence-electron chi connectivity index (χ0n) is 16.1. The van der Waals surface area contributed by atoms with Gasteiger partial charge in [0, 0.05) is 18.1 Å². The van der Waals surface area contributed by atoms with Gasteiger partial charge in [0.2, 0.25) is 11.7 Å². The van der Waals surface area contributed by atoms with E-state index in [-0.39, 0.29) is 17.2 Å². The first-order valence-corrected chi connectivity index (χ1v) is 10.4. The number of rotatable bonds is 4. The lowest BCUT2D eigenvalue weighted by Crippen LogP contribution is -2.20. The average molecular weight is 415 g/mol. The summed E-state index contributed by atoms with van der Waals surface area (Å²) in [5.41, 5.74) is 1.37. The van der Waals surface area contributed by atoms with Gasteiger partial charge in [-0.1, -0.05) is 60.3 Å². The Morgan fingerprint density at radius 2 is 1.70 bits per heavy atom. The number of nitrogens with one attached hydrogen (secondary N) is 1. The van der Waals surface area contributed by atoms with Gasteiger partial charge in [-0.05, 0) is 23.6 Å². The topological polar surface area (TPSA) is 81.3 Å². The van der Waals surface area contributed by atoms with E-state index in [0.29, 0.717) is 16.3 Å². The third-order valence-electron chi connectivity index (χ3n) is 4.99. The third-order valence-corrected chi connectivity index (χ3v) is 5.92. The molecule has 1 amide bonds. The van der Waals surface area contributed by atoms with Crippen LogP contribution in [-0.4, -0.2) is 30.8 Å². The molecule has 0 fully saturated rings. The number of aryl methyl sites for hydroxylation is 1. The first-order chi connectivity index (χ1) is 14.6. The summed E-state index contributed by atoms with van der Waals surface area (Å²) in [6.07, 6.45) is 0. The minimum Gasteiger partial charge on any atom is -0.325 e. The normalized spacial score (nSPS) is 11.4. The molecule has 148 valence electrons. The van der Waals surface area contributed by atoms with Crippen molar-refractivity contribution in [2.45, 2.75) is 5.16 Å². The predicted molar refractivity (Wildman–Crippen MR) is 119 cm³/mol. The second kappa shape index (κ2) is 7.31. The van der Waals surface area contributed by atoms with Gasteiger partial charge in [-0.2, -0.15) is 0 Å². The molecular weight excluding hydrogens is 398 g/mol. The fraction of sp³-hybridized carbons (Fsp3) is 0.0909. The van der Waals surface area contributed by atoms with Crippen LogP contribution in [0.3, 0.4) is 0 Å². The number of hydrogen-bond acceptors (Lipinski definition) is 5. The molecule has 0 radical (unpaired) electrons. The van der Waals surface area contributed by atoms with Gasteiger partial charge in [-0.15, -0.1) is 10.2 Å². The Morgan fingerprint density at radius 1 is 0.967 bits per heavy atom. The fourth-order valence-corrected chi connectivity index (χ4v) is 4.30. The van der Waals surface area contributed by atoms with Gasteiger partial charge >= 0.3 is 0 Å². The highest BCUT2D eigenvalue weighted by molar-refractivity contribution is 7.99. The molecule has 0 unspecified atom stereocenters. The van der Waals surface area contributed by atoms with Crippen LogP contribution < -0.4 is 10.9 Å². The van der Waals surface area contributed by atoms with Crippen molar-refractivity contribution in [3.8, 4) is 0 Å². The number of carbonyl (C=O) groups is 1. The SMILES string of the molecule is Cn1c(=O)c2ccccc2n2c(SCC(=O)Nc3cccc4ccccc34)nnc12. The summed E-state index contributed by atoms with van der Waals surface area (Å²) < 4.78 is 3.28. The van der Waals surface area contributed by atoms with E-state index in [9.17, 15) is 9.59 Å². The molecule has 7 nitrogen and oxygen atoms in total. The van der Waals surface area contributed by atoms with Gasteiger partial charge in [-0.3, -0.25) is 18.6 Å². The molecule has 0 aliphatic carbocycles. The molecule has 0 aliphatic heterocycles. The van der Waals surface area contributed by atoms with Crippen LogP contribution in [-0.2, 0) is 11.8 Å². The van der Waals surface area contributed by atoms with E-state index in [1.807, 2.05) is 65.1 Å². The van der Waals surface area contributed by atoms with Gasteiger partial charge < -0.3 is 5.32 Å². The number of carbonyl (C=O) groups excluding carboxylic acids is 1. The van der Waals surface area contributed by atoms with Crippen LogP contribution in [0.25, 0.3) is 27.5 Å². The molecule has 30 heavy (non-hydrogen) atoms. The summed E-state index contributed by atoms with van der Waals surface area (Å²) >= 11 is 1.28. The zero-order chi connectivity index (χ0) is 20.7. The first kappa shape index (κ1) is 18.4. The Morgan fingerprint density at radius 3 is 2.57 bits per heavy atom. The maximum Gasteiger partial charge on any atom is 0.262 e. The average Bonchev–Trinajstić information content (AvgIpc) is 3.21. The molecular formula is C22H17N5O2S. The van der Waals surface area contributed by atoms with Gasteiger partial charge in [0.1, 0.15) is 0 Å². The van der Waals surface area contributed by atoms with Crippen molar-refractivity contribution in [2.24, 2.45) is 7.05 Å². The molecule has 0 atom stereocenters. The number of anilines is 1. The molecule has 5 aromatic rings. The van der Waals surface area contributed by atoms with Crippen LogP contribution >= 0.6 is 11.8 Å². The smallest absolute Gasteiger partial charge is 0.262 e. The quantitative estimate of drug-likeness (QED) is 0.455. The van der Waals surface area contributed by atoms with Crippen molar-refractivity contribution < 1.29 is 4.79 Å². The second-order valence-corrected chi connectivity index (χ2v) is 7.81. The van der Waals surface area contributed by atoms with E-state index < -0.39 is 0 Å². The number of fused-ring (bicyclic) bond motifs is 4. The number of aromatic nitrogens is 4. The van der Waals surface area contributed by atoms with Crippen LogP contribution in [0.5, 0.6) is 0 Å². The van der Waals surface area contributed by atoms with Gasteiger partial charge in [0.05, 0.1) is 16.7 Å². The van der Waals surface area contributed by atoms with Crippen LogP contribution in [0, 0.1) is 0 Å². The predicted octanol–water partition coefficient (Wildman–Crippen LogP) is 3.47. The van der Waals surface area contributed by atoms with Crippen LogP contribution in [0.15, 0.2) is 76.7 Å². The van der Waals surface area contributed by atoms with Crippen molar-refractivity contribution in [3.05, 3.63) is 77.1 Å². The van der Waals surface area contributed by atoms with E-state index in [1.165, 1.54) is 16.3 Å². The maximum atomic E-state index is 12.6. The highest BCUT2D eigenvalue weighted by Crippen LogP contribution is 2.24. The molecule has 8 heteroatoms. The first-order valence-electron chi connectivity index (χ1n) is 9.37. The minimum atomic E-state index is -0.137. The Hall–Kier alpha value is -3.65. The molecule has 0 spiro atoms. The molecule has 3 aromatic carbocycles. The Bertz CT molecular complexity index is 1480. The number of nitrogens with zero attached hydrogens (tertiary/aromatic N) is 4. The molecule has 1 N–H and O–H groups in total. The molecule has 0 saturated heterocycles. The number of thioether (sulfide) groups is 1. The lowest BCUT2D eigenvalue weighted by atomic mass is 10.1. The van der Waals surface area contributed by atoms with E-state index in [0.717, 1.165) is 22.0 Å². The summed E-state index contributed by atoms with van der Waals surface area (Å²) in [5, 5.41) is 14.5. The molecule has 0 aliphatic rings. The number of amides is 1. The van der Waals surface area contributed by atoms with Gasteiger partial charge in [0.15, 0.2) is 5.16 Å². The van der Waals surface area contributed by atoms with Crippen molar-refractivity contribution in [2.75, 3.05) is 11.1 Å². The number of hydrogen-bond donors (Lipinski definition) is 1. The Balaban J connectivity index is 1.44. The number of para-hydroxylation sites is 1. The molecule has 0 bridgehead atoms. The third kappa shape index (κ3) is 3.02. The molecule has 2 aromatic heterocycles. The summed E-state index contributed by atoms with van der Waals surface area (Å²) in [7, 11) is 1.67. The largest absolute Gasteiger partial charge is 0.325 e. The second-order valence-electron chi connectivity index (χ2n) is 6.86. The molecule has 2 heterocycles. The van der Waals surface area contributed by atoms with Gasteiger partial charge in [-0.25, -0.2) is 0 Å². The van der Waals surface area contributed by atoms with E-state index in [2.05, 4.69) is 15.5 Å². The van der Waals surface area contributed by atoms with Crippen molar-refractivity contribution in [1.29, 1.82) is 0 Å². The monoisotopic (exact) mass is 415 g/mol. The van der Waals surface area contributed by atoms with E-state index in [4.69, 9.17) is 0 Å². The van der Waals surface area contributed by atoms with Crippen molar-refractivity contribution in [1.82, 2.24) is 19.2 Å². The highest BCUT2D eigenvalue weighted by Gasteiger charge is 2.16. The van der Waals surface area contributed by atoms with E-state index >= 15 is 0 Å².